The number of carbonyl (C=O) groups is 1. The molecule has 94 valence electrons. The van der Waals surface area contributed by atoms with Crippen LogP contribution in [0.5, 0.6) is 0 Å². The third-order valence-electron chi connectivity index (χ3n) is 2.63. The molecular weight excluding hydrogens is 248 g/mol. The minimum atomic E-state index is -0.917. The van der Waals surface area contributed by atoms with Crippen LogP contribution >= 0.6 is 11.3 Å². The number of thiazole rings is 1. The van der Waals surface area contributed by atoms with E-state index in [2.05, 4.69) is 17.2 Å². The molecule has 1 heterocycles. The highest BCUT2D eigenvalue weighted by Crippen LogP contribution is 2.20. The monoisotopic (exact) mass is 262 g/mol. The summed E-state index contributed by atoms with van der Waals surface area (Å²) < 4.78 is 0. The zero-order valence-corrected chi connectivity index (χ0v) is 10.8. The predicted octanol–water partition coefficient (Wildman–Crippen LogP) is 3.06. The van der Waals surface area contributed by atoms with Crippen molar-refractivity contribution >= 4 is 23.0 Å². The van der Waals surface area contributed by atoms with E-state index in [4.69, 9.17) is 5.11 Å². The van der Waals surface area contributed by atoms with Gasteiger partial charge in [0.05, 0.1) is 10.6 Å². The molecule has 0 saturated carbocycles. The smallest absolute Gasteiger partial charge is 0.337 e. The molecule has 1 aromatic carbocycles. The van der Waals surface area contributed by atoms with E-state index in [0.29, 0.717) is 17.8 Å². The average Bonchev–Trinajstić information content (AvgIpc) is 2.90. The van der Waals surface area contributed by atoms with E-state index in [1.165, 1.54) is 0 Å². The lowest BCUT2D eigenvalue weighted by Crippen LogP contribution is -2.12. The molecule has 2 rings (SSSR count). The van der Waals surface area contributed by atoms with Crippen LogP contribution in [0.1, 0.15) is 28.2 Å². The Morgan fingerprint density at radius 3 is 2.94 bits per heavy atom. The number of aromatic nitrogens is 1. The van der Waals surface area contributed by atoms with Crippen molar-refractivity contribution in [2.75, 3.05) is 11.9 Å². The summed E-state index contributed by atoms with van der Waals surface area (Å²) in [5, 5.41) is 15.2. The van der Waals surface area contributed by atoms with Crippen molar-refractivity contribution in [3.63, 3.8) is 0 Å². The number of para-hydroxylation sites is 1. The van der Waals surface area contributed by atoms with Gasteiger partial charge in [0.25, 0.3) is 0 Å². The molecule has 0 fully saturated rings. The summed E-state index contributed by atoms with van der Waals surface area (Å²) in [4.78, 5) is 15.3. The number of hydrogen-bond donors (Lipinski definition) is 2. The highest BCUT2D eigenvalue weighted by atomic mass is 32.1. The van der Waals surface area contributed by atoms with Gasteiger partial charge in [0, 0.05) is 29.7 Å². The summed E-state index contributed by atoms with van der Waals surface area (Å²) in [5.74, 6) is -0.660. The molecule has 0 aliphatic heterocycles. The first-order valence-electron chi connectivity index (χ1n) is 5.64. The molecule has 5 heteroatoms. The fourth-order valence-electron chi connectivity index (χ4n) is 1.65. The van der Waals surface area contributed by atoms with Gasteiger partial charge in [-0.3, -0.25) is 0 Å². The second-order valence-corrected chi connectivity index (χ2v) is 4.93. The van der Waals surface area contributed by atoms with Gasteiger partial charge in [-0.2, -0.15) is 0 Å². The van der Waals surface area contributed by atoms with Gasteiger partial charge >= 0.3 is 5.97 Å². The highest BCUT2D eigenvalue weighted by molar-refractivity contribution is 7.09. The zero-order chi connectivity index (χ0) is 13.0. The van der Waals surface area contributed by atoms with Crippen LogP contribution in [0.3, 0.4) is 0 Å². The number of hydrogen-bond acceptors (Lipinski definition) is 4. The molecule has 0 aliphatic carbocycles. The summed E-state index contributed by atoms with van der Waals surface area (Å²) in [7, 11) is 0. The second-order valence-electron chi connectivity index (χ2n) is 4.00. The van der Waals surface area contributed by atoms with Gasteiger partial charge in [-0.25, -0.2) is 9.78 Å². The van der Waals surface area contributed by atoms with Gasteiger partial charge in [-0.1, -0.05) is 19.1 Å². The van der Waals surface area contributed by atoms with E-state index in [1.54, 1.807) is 35.7 Å². The number of rotatable bonds is 5. The van der Waals surface area contributed by atoms with Crippen molar-refractivity contribution in [1.82, 2.24) is 4.98 Å². The van der Waals surface area contributed by atoms with Crippen LogP contribution < -0.4 is 5.32 Å². The SMILES string of the molecule is CC(CNc1ccccc1C(=O)O)c1nccs1. The predicted molar refractivity (Wildman–Crippen MR) is 72.4 cm³/mol. The molecule has 0 aliphatic rings. The van der Waals surface area contributed by atoms with Crippen LogP contribution in [0.15, 0.2) is 35.8 Å². The van der Waals surface area contributed by atoms with Crippen LogP contribution in [0.4, 0.5) is 5.69 Å². The fraction of sp³-hybridized carbons (Fsp3) is 0.231. The molecule has 18 heavy (non-hydrogen) atoms. The third kappa shape index (κ3) is 2.87. The summed E-state index contributed by atoms with van der Waals surface area (Å²) in [6.07, 6.45) is 1.78. The highest BCUT2D eigenvalue weighted by Gasteiger charge is 2.11. The van der Waals surface area contributed by atoms with Gasteiger partial charge in [0.15, 0.2) is 0 Å². The van der Waals surface area contributed by atoms with E-state index >= 15 is 0 Å². The minimum absolute atomic E-state index is 0.256. The normalized spacial score (nSPS) is 12.1. The van der Waals surface area contributed by atoms with Crippen LogP contribution in [0.2, 0.25) is 0 Å². The Labute approximate surface area is 109 Å². The number of nitrogens with one attached hydrogen (secondary N) is 1. The summed E-state index contributed by atoms with van der Waals surface area (Å²) in [6.45, 7) is 2.73. The van der Waals surface area contributed by atoms with Crippen molar-refractivity contribution in [2.45, 2.75) is 12.8 Å². The largest absolute Gasteiger partial charge is 0.478 e. The standard InChI is InChI=1S/C13H14N2O2S/c1-9(12-14-6-7-18-12)8-15-11-5-3-2-4-10(11)13(16)17/h2-7,9,15H,8H2,1H3,(H,16,17). The maximum Gasteiger partial charge on any atom is 0.337 e. The van der Waals surface area contributed by atoms with Crippen molar-refractivity contribution in [2.24, 2.45) is 0 Å². The van der Waals surface area contributed by atoms with E-state index in [9.17, 15) is 4.79 Å². The molecule has 1 unspecified atom stereocenters. The zero-order valence-electron chi connectivity index (χ0n) is 9.96. The number of nitrogens with zero attached hydrogens (tertiary/aromatic N) is 1. The molecule has 4 nitrogen and oxygen atoms in total. The van der Waals surface area contributed by atoms with Crippen molar-refractivity contribution < 1.29 is 9.90 Å². The van der Waals surface area contributed by atoms with Gasteiger partial charge in [0.2, 0.25) is 0 Å². The number of anilines is 1. The van der Waals surface area contributed by atoms with Gasteiger partial charge < -0.3 is 10.4 Å². The molecule has 1 atom stereocenters. The van der Waals surface area contributed by atoms with Crippen molar-refractivity contribution in [1.29, 1.82) is 0 Å². The van der Waals surface area contributed by atoms with Crippen molar-refractivity contribution in [3.8, 4) is 0 Å². The minimum Gasteiger partial charge on any atom is -0.478 e. The molecule has 1 aromatic heterocycles. The molecule has 2 aromatic rings. The van der Waals surface area contributed by atoms with Gasteiger partial charge in [-0.05, 0) is 12.1 Å². The number of carboxylic acid groups (broad SMARTS) is 1. The quantitative estimate of drug-likeness (QED) is 0.869. The molecule has 0 spiro atoms. The molecule has 0 amide bonds. The Hall–Kier alpha value is -1.88. The molecule has 0 bridgehead atoms. The number of aromatic carboxylic acids is 1. The maximum atomic E-state index is 11.0. The number of carboxylic acids is 1. The lowest BCUT2D eigenvalue weighted by atomic mass is 10.1. The van der Waals surface area contributed by atoms with E-state index in [0.717, 1.165) is 5.01 Å². The Morgan fingerprint density at radius 2 is 2.28 bits per heavy atom. The van der Waals surface area contributed by atoms with Crippen molar-refractivity contribution in [3.05, 3.63) is 46.4 Å². The Kier molecular flexibility index (Phi) is 3.94. The van der Waals surface area contributed by atoms with Crippen LogP contribution in [-0.4, -0.2) is 22.6 Å². The fourth-order valence-corrected chi connectivity index (χ4v) is 2.35. The second kappa shape index (κ2) is 5.64. The van der Waals surface area contributed by atoms with Crippen LogP contribution in [0, 0.1) is 0 Å². The molecular formula is C13H14N2O2S. The Morgan fingerprint density at radius 1 is 1.50 bits per heavy atom. The van der Waals surface area contributed by atoms with Crippen LogP contribution in [-0.2, 0) is 0 Å². The molecule has 2 N–H and O–H groups in total. The maximum absolute atomic E-state index is 11.0. The lowest BCUT2D eigenvalue weighted by Gasteiger charge is -2.13. The third-order valence-corrected chi connectivity index (χ3v) is 3.64. The van der Waals surface area contributed by atoms with E-state index in [-0.39, 0.29) is 5.92 Å². The van der Waals surface area contributed by atoms with Crippen LogP contribution in [0.25, 0.3) is 0 Å². The van der Waals surface area contributed by atoms with Gasteiger partial charge in [0.1, 0.15) is 0 Å². The Balaban J connectivity index is 2.04. The van der Waals surface area contributed by atoms with Gasteiger partial charge in [-0.15, -0.1) is 11.3 Å². The molecule has 0 saturated heterocycles. The Bertz CT molecular complexity index is 526. The summed E-state index contributed by atoms with van der Waals surface area (Å²) >= 11 is 1.61. The first-order chi connectivity index (χ1) is 8.68. The molecule has 0 radical (unpaired) electrons. The first-order valence-corrected chi connectivity index (χ1v) is 6.52. The summed E-state index contributed by atoms with van der Waals surface area (Å²) in [6, 6.07) is 6.92. The number of benzene rings is 1. The lowest BCUT2D eigenvalue weighted by molar-refractivity contribution is 0.0698. The average molecular weight is 262 g/mol. The van der Waals surface area contributed by atoms with E-state index in [1.807, 2.05) is 11.4 Å². The van der Waals surface area contributed by atoms with E-state index < -0.39 is 5.97 Å². The first kappa shape index (κ1) is 12.6. The topological polar surface area (TPSA) is 62.2 Å². The summed E-state index contributed by atoms with van der Waals surface area (Å²) in [5.41, 5.74) is 0.942.